The molecule has 6 heteroatoms. The van der Waals surface area contributed by atoms with Gasteiger partial charge in [0.1, 0.15) is 11.5 Å². The van der Waals surface area contributed by atoms with Gasteiger partial charge < -0.3 is 19.2 Å². The van der Waals surface area contributed by atoms with Crippen molar-refractivity contribution >= 4 is 11.9 Å². The number of ether oxygens (including phenoxy) is 2. The van der Waals surface area contributed by atoms with Crippen LogP contribution in [0, 0.1) is 0 Å². The SMILES string of the molecule is CCCOc1ccc(C(=O)OCC(=O)N[C@H](C)c2ccco2)cc1. The van der Waals surface area contributed by atoms with Crippen LogP contribution in [0.2, 0.25) is 0 Å². The third-order valence-corrected chi connectivity index (χ3v) is 3.24. The van der Waals surface area contributed by atoms with Gasteiger partial charge >= 0.3 is 5.97 Å². The molecule has 1 atom stereocenters. The second-order valence-electron chi connectivity index (χ2n) is 5.25. The summed E-state index contributed by atoms with van der Waals surface area (Å²) in [6.07, 6.45) is 2.45. The minimum absolute atomic E-state index is 0.291. The summed E-state index contributed by atoms with van der Waals surface area (Å²) in [6, 6.07) is 9.83. The number of nitrogens with one attached hydrogen (secondary N) is 1. The van der Waals surface area contributed by atoms with Crippen LogP contribution in [0.1, 0.15) is 42.4 Å². The Labute approximate surface area is 140 Å². The fourth-order valence-electron chi connectivity index (χ4n) is 2.01. The van der Waals surface area contributed by atoms with Crippen molar-refractivity contribution in [2.45, 2.75) is 26.3 Å². The van der Waals surface area contributed by atoms with Gasteiger partial charge in [-0.2, -0.15) is 0 Å². The molecule has 6 nitrogen and oxygen atoms in total. The van der Waals surface area contributed by atoms with Gasteiger partial charge in [0.25, 0.3) is 5.91 Å². The van der Waals surface area contributed by atoms with Crippen molar-refractivity contribution in [1.82, 2.24) is 5.32 Å². The fourth-order valence-corrected chi connectivity index (χ4v) is 2.01. The average molecular weight is 331 g/mol. The molecule has 0 saturated carbocycles. The summed E-state index contributed by atoms with van der Waals surface area (Å²) in [5, 5.41) is 2.69. The molecule has 2 aromatic rings. The number of amides is 1. The lowest BCUT2D eigenvalue weighted by Crippen LogP contribution is -2.30. The van der Waals surface area contributed by atoms with Crippen LogP contribution >= 0.6 is 0 Å². The van der Waals surface area contributed by atoms with Gasteiger partial charge in [0, 0.05) is 0 Å². The van der Waals surface area contributed by atoms with Crippen LogP contribution in [-0.2, 0) is 9.53 Å². The predicted octanol–water partition coefficient (Wildman–Crippen LogP) is 3.10. The maximum Gasteiger partial charge on any atom is 0.338 e. The van der Waals surface area contributed by atoms with E-state index in [9.17, 15) is 9.59 Å². The summed E-state index contributed by atoms with van der Waals surface area (Å²) in [7, 11) is 0. The summed E-state index contributed by atoms with van der Waals surface area (Å²) in [5.74, 6) is 0.378. The molecule has 0 bridgehead atoms. The largest absolute Gasteiger partial charge is 0.494 e. The zero-order valence-corrected chi connectivity index (χ0v) is 13.8. The van der Waals surface area contributed by atoms with Crippen LogP contribution < -0.4 is 10.1 Å². The summed E-state index contributed by atoms with van der Waals surface area (Å²) in [5.41, 5.74) is 0.366. The van der Waals surface area contributed by atoms with Gasteiger partial charge in [-0.05, 0) is 49.7 Å². The highest BCUT2D eigenvalue weighted by atomic mass is 16.5. The minimum atomic E-state index is -0.558. The van der Waals surface area contributed by atoms with Gasteiger partial charge in [-0.15, -0.1) is 0 Å². The summed E-state index contributed by atoms with van der Waals surface area (Å²) < 4.78 is 15.6. The molecule has 0 aliphatic rings. The Hall–Kier alpha value is -2.76. The summed E-state index contributed by atoms with van der Waals surface area (Å²) in [4.78, 5) is 23.7. The van der Waals surface area contributed by atoms with Gasteiger partial charge in [0.15, 0.2) is 6.61 Å². The van der Waals surface area contributed by atoms with Crippen LogP contribution in [0.15, 0.2) is 47.1 Å². The topological polar surface area (TPSA) is 77.8 Å². The molecule has 1 amide bonds. The number of hydrogen-bond acceptors (Lipinski definition) is 5. The van der Waals surface area contributed by atoms with E-state index in [1.807, 2.05) is 6.92 Å². The Morgan fingerprint density at radius 3 is 2.58 bits per heavy atom. The molecule has 1 heterocycles. The quantitative estimate of drug-likeness (QED) is 0.752. The number of carbonyl (C=O) groups is 2. The number of rotatable bonds is 8. The number of carbonyl (C=O) groups excluding carboxylic acids is 2. The Balaban J connectivity index is 1.78. The second-order valence-corrected chi connectivity index (χ2v) is 5.25. The maximum absolute atomic E-state index is 11.9. The molecule has 1 aromatic heterocycles. The first-order chi connectivity index (χ1) is 11.6. The minimum Gasteiger partial charge on any atom is -0.494 e. The molecule has 24 heavy (non-hydrogen) atoms. The number of hydrogen-bond donors (Lipinski definition) is 1. The van der Waals surface area contributed by atoms with Crippen LogP contribution in [0.25, 0.3) is 0 Å². The lowest BCUT2D eigenvalue weighted by molar-refractivity contribution is -0.125. The van der Waals surface area contributed by atoms with E-state index >= 15 is 0 Å². The standard InChI is InChI=1S/C18H21NO5/c1-3-10-22-15-8-6-14(7-9-15)18(21)24-12-17(20)19-13(2)16-5-4-11-23-16/h4-9,11,13H,3,10,12H2,1-2H3,(H,19,20)/t13-/m1/s1. The molecule has 0 radical (unpaired) electrons. The number of furan rings is 1. The molecule has 0 spiro atoms. The van der Waals surface area contributed by atoms with Crippen LogP contribution in [0.3, 0.4) is 0 Å². The molecule has 128 valence electrons. The van der Waals surface area contributed by atoms with E-state index in [0.29, 0.717) is 23.7 Å². The van der Waals surface area contributed by atoms with Crippen molar-refractivity contribution in [2.24, 2.45) is 0 Å². The first-order valence-corrected chi connectivity index (χ1v) is 7.83. The van der Waals surface area contributed by atoms with E-state index in [1.165, 1.54) is 6.26 Å². The van der Waals surface area contributed by atoms with Crippen molar-refractivity contribution < 1.29 is 23.5 Å². The molecular formula is C18H21NO5. The summed E-state index contributed by atoms with van der Waals surface area (Å²) >= 11 is 0. The third kappa shape index (κ3) is 5.15. The van der Waals surface area contributed by atoms with Crippen LogP contribution in [0.4, 0.5) is 0 Å². The predicted molar refractivity (Wildman–Crippen MR) is 87.8 cm³/mol. The van der Waals surface area contributed by atoms with Gasteiger partial charge in [-0.3, -0.25) is 4.79 Å². The number of esters is 1. The van der Waals surface area contributed by atoms with E-state index in [0.717, 1.165) is 6.42 Å². The first-order valence-electron chi connectivity index (χ1n) is 7.83. The molecule has 0 aliphatic heterocycles. The Bertz CT molecular complexity index is 649. The van der Waals surface area contributed by atoms with E-state index < -0.39 is 11.9 Å². The fraction of sp³-hybridized carbons (Fsp3) is 0.333. The maximum atomic E-state index is 11.9. The zero-order valence-electron chi connectivity index (χ0n) is 13.8. The third-order valence-electron chi connectivity index (χ3n) is 3.24. The molecule has 0 aliphatic carbocycles. The lowest BCUT2D eigenvalue weighted by Gasteiger charge is -2.11. The van der Waals surface area contributed by atoms with Crippen molar-refractivity contribution in [1.29, 1.82) is 0 Å². The van der Waals surface area contributed by atoms with E-state index in [2.05, 4.69) is 5.32 Å². The zero-order chi connectivity index (χ0) is 17.4. The molecule has 0 fully saturated rings. The Morgan fingerprint density at radius 2 is 1.96 bits per heavy atom. The lowest BCUT2D eigenvalue weighted by atomic mass is 10.2. The smallest absolute Gasteiger partial charge is 0.338 e. The molecule has 2 rings (SSSR count). The highest BCUT2D eigenvalue weighted by Crippen LogP contribution is 2.14. The molecule has 1 N–H and O–H groups in total. The normalized spacial score (nSPS) is 11.6. The number of benzene rings is 1. The highest BCUT2D eigenvalue weighted by Gasteiger charge is 2.14. The van der Waals surface area contributed by atoms with Crippen molar-refractivity contribution in [2.75, 3.05) is 13.2 Å². The van der Waals surface area contributed by atoms with E-state index in [4.69, 9.17) is 13.9 Å². The van der Waals surface area contributed by atoms with Crippen LogP contribution in [-0.4, -0.2) is 25.1 Å². The average Bonchev–Trinajstić information content (AvgIpc) is 3.13. The molecule has 0 unspecified atom stereocenters. The van der Waals surface area contributed by atoms with Crippen molar-refractivity contribution in [3.63, 3.8) is 0 Å². The van der Waals surface area contributed by atoms with E-state index in [-0.39, 0.29) is 12.6 Å². The van der Waals surface area contributed by atoms with E-state index in [1.54, 1.807) is 43.3 Å². The monoisotopic (exact) mass is 331 g/mol. The second kappa shape index (κ2) is 8.76. The van der Waals surface area contributed by atoms with Crippen LogP contribution in [0.5, 0.6) is 5.75 Å². The van der Waals surface area contributed by atoms with Gasteiger partial charge in [-0.25, -0.2) is 4.79 Å². The summed E-state index contributed by atoms with van der Waals surface area (Å²) in [6.45, 7) is 4.08. The van der Waals surface area contributed by atoms with Gasteiger partial charge in [0.05, 0.1) is 24.5 Å². The molecule has 1 aromatic carbocycles. The van der Waals surface area contributed by atoms with Gasteiger partial charge in [-0.1, -0.05) is 6.92 Å². The molecular weight excluding hydrogens is 310 g/mol. The Kier molecular flexibility index (Phi) is 6.42. The Morgan fingerprint density at radius 1 is 1.21 bits per heavy atom. The van der Waals surface area contributed by atoms with Crippen molar-refractivity contribution in [3.05, 3.63) is 54.0 Å². The van der Waals surface area contributed by atoms with Gasteiger partial charge in [0.2, 0.25) is 0 Å². The highest BCUT2D eigenvalue weighted by molar-refractivity contribution is 5.91. The van der Waals surface area contributed by atoms with Crippen molar-refractivity contribution in [3.8, 4) is 5.75 Å². The first kappa shape index (κ1) is 17.6. The molecule has 0 saturated heterocycles.